The smallest absolute Gasteiger partial charge is 0.422 e. The van der Waals surface area contributed by atoms with Gasteiger partial charge in [-0.05, 0) is 38.4 Å². The Bertz CT molecular complexity index is 602. The summed E-state index contributed by atoms with van der Waals surface area (Å²) in [7, 11) is 0. The van der Waals surface area contributed by atoms with Crippen LogP contribution in [0.2, 0.25) is 0 Å². The number of alkyl halides is 3. The molecule has 8 heteroatoms. The summed E-state index contributed by atoms with van der Waals surface area (Å²) in [6, 6.07) is 4.60. The molecule has 1 aromatic carbocycles. The Kier molecular flexibility index (Phi) is 7.14. The summed E-state index contributed by atoms with van der Waals surface area (Å²) >= 11 is 0. The van der Waals surface area contributed by atoms with Crippen molar-refractivity contribution in [3.8, 4) is 11.5 Å². The van der Waals surface area contributed by atoms with Crippen molar-refractivity contribution in [3.63, 3.8) is 0 Å². The molecule has 1 aromatic rings. The van der Waals surface area contributed by atoms with Gasteiger partial charge in [0.05, 0.1) is 12.3 Å². The normalized spacial score (nSPS) is 17.7. The minimum atomic E-state index is -4.46. The van der Waals surface area contributed by atoms with E-state index in [1.807, 2.05) is 6.92 Å². The topological polar surface area (TPSA) is 50.8 Å². The molecule has 0 radical (unpaired) electrons. The third-order valence-electron chi connectivity index (χ3n) is 4.12. The van der Waals surface area contributed by atoms with Crippen LogP contribution in [0.1, 0.15) is 33.1 Å². The van der Waals surface area contributed by atoms with E-state index in [1.165, 1.54) is 24.0 Å². The molecule has 1 N–H and O–H groups in total. The Balaban J connectivity index is 2.29. The fourth-order valence-electron chi connectivity index (χ4n) is 2.94. The van der Waals surface area contributed by atoms with Crippen LogP contribution in [0.25, 0.3) is 0 Å². The number of halogens is 3. The number of nitrogens with zero attached hydrogens (tertiary/aromatic N) is 1. The summed E-state index contributed by atoms with van der Waals surface area (Å²) in [5, 5.41) is 3.34. The molecule has 2 rings (SSSR count). The van der Waals surface area contributed by atoms with Crippen molar-refractivity contribution in [1.82, 2.24) is 5.32 Å². The number of rotatable bonds is 7. The first-order valence-corrected chi connectivity index (χ1v) is 8.78. The van der Waals surface area contributed by atoms with Crippen molar-refractivity contribution in [3.05, 3.63) is 18.2 Å². The Hall–Kier alpha value is -1.96. The number of carbonyl (C=O) groups is 1. The van der Waals surface area contributed by atoms with Crippen LogP contribution in [0.15, 0.2) is 18.2 Å². The summed E-state index contributed by atoms with van der Waals surface area (Å²) in [6.07, 6.45) is -1.41. The van der Waals surface area contributed by atoms with Gasteiger partial charge in [0.15, 0.2) is 6.61 Å². The molecule has 1 heterocycles. The van der Waals surface area contributed by atoms with Gasteiger partial charge in [0, 0.05) is 25.6 Å². The zero-order chi connectivity index (χ0) is 19.2. The Morgan fingerprint density at radius 2 is 2.08 bits per heavy atom. The summed E-state index contributed by atoms with van der Waals surface area (Å²) in [6.45, 7) is 3.43. The molecule has 1 saturated heterocycles. The van der Waals surface area contributed by atoms with Gasteiger partial charge in [-0.25, -0.2) is 0 Å². The van der Waals surface area contributed by atoms with Crippen LogP contribution in [0, 0.1) is 0 Å². The Morgan fingerprint density at radius 3 is 2.65 bits per heavy atom. The molecular formula is C18H25F3N2O3. The third-order valence-corrected chi connectivity index (χ3v) is 4.12. The van der Waals surface area contributed by atoms with E-state index in [0.29, 0.717) is 24.6 Å². The maximum Gasteiger partial charge on any atom is 0.422 e. The van der Waals surface area contributed by atoms with Gasteiger partial charge in [0.2, 0.25) is 5.91 Å². The van der Waals surface area contributed by atoms with Crippen LogP contribution in [0.5, 0.6) is 11.5 Å². The van der Waals surface area contributed by atoms with Crippen LogP contribution in [0.3, 0.4) is 0 Å². The molecule has 26 heavy (non-hydrogen) atoms. The molecule has 146 valence electrons. The minimum absolute atomic E-state index is 0.0109. The molecule has 5 nitrogen and oxygen atoms in total. The van der Waals surface area contributed by atoms with Crippen molar-refractivity contribution in [1.29, 1.82) is 0 Å². The molecule has 1 atom stereocenters. The third kappa shape index (κ3) is 6.09. The van der Waals surface area contributed by atoms with E-state index >= 15 is 0 Å². The summed E-state index contributed by atoms with van der Waals surface area (Å²) in [5.74, 6) is 0.226. The number of nitrogens with one attached hydrogen (secondary N) is 1. The quantitative estimate of drug-likeness (QED) is 0.793. The van der Waals surface area contributed by atoms with E-state index in [9.17, 15) is 18.0 Å². The molecular weight excluding hydrogens is 349 g/mol. The maximum atomic E-state index is 12.6. The largest absolute Gasteiger partial charge is 0.494 e. The minimum Gasteiger partial charge on any atom is -0.494 e. The Morgan fingerprint density at radius 1 is 1.31 bits per heavy atom. The van der Waals surface area contributed by atoms with Gasteiger partial charge in [-0.3, -0.25) is 4.79 Å². The van der Waals surface area contributed by atoms with E-state index in [-0.39, 0.29) is 17.7 Å². The average molecular weight is 374 g/mol. The first-order valence-electron chi connectivity index (χ1n) is 8.78. The van der Waals surface area contributed by atoms with Crippen molar-refractivity contribution < 1.29 is 27.4 Å². The molecule has 1 unspecified atom stereocenters. The van der Waals surface area contributed by atoms with Crippen LogP contribution in [-0.4, -0.2) is 44.4 Å². The second-order valence-electron chi connectivity index (χ2n) is 6.24. The van der Waals surface area contributed by atoms with Crippen LogP contribution in [0.4, 0.5) is 18.9 Å². The molecule has 0 aromatic heterocycles. The summed E-state index contributed by atoms with van der Waals surface area (Å²) in [5.41, 5.74) is 0.292. The number of ether oxygens (including phenoxy) is 2. The van der Waals surface area contributed by atoms with E-state index < -0.39 is 12.8 Å². The number of piperidine rings is 1. The second-order valence-corrected chi connectivity index (χ2v) is 6.24. The number of hydrogen-bond donors (Lipinski definition) is 1. The molecule has 1 amide bonds. The maximum absolute atomic E-state index is 12.6. The van der Waals surface area contributed by atoms with Crippen LogP contribution >= 0.6 is 0 Å². The zero-order valence-electron chi connectivity index (χ0n) is 15.1. The average Bonchev–Trinajstić information content (AvgIpc) is 2.59. The first kappa shape index (κ1) is 20.4. The van der Waals surface area contributed by atoms with Crippen molar-refractivity contribution in [2.75, 3.05) is 31.2 Å². The van der Waals surface area contributed by atoms with E-state index in [1.54, 1.807) is 6.07 Å². The molecule has 1 aliphatic heterocycles. The molecule has 0 saturated carbocycles. The number of anilines is 1. The Labute approximate surface area is 151 Å². The van der Waals surface area contributed by atoms with Gasteiger partial charge >= 0.3 is 6.18 Å². The van der Waals surface area contributed by atoms with E-state index in [4.69, 9.17) is 9.47 Å². The van der Waals surface area contributed by atoms with Gasteiger partial charge < -0.3 is 19.7 Å². The number of amides is 1. The monoisotopic (exact) mass is 374 g/mol. The number of benzene rings is 1. The molecule has 0 spiro atoms. The van der Waals surface area contributed by atoms with Crippen molar-refractivity contribution in [2.45, 2.75) is 45.3 Å². The highest BCUT2D eigenvalue weighted by atomic mass is 19.4. The SMILES string of the molecule is CCOc1ccc(OCC(F)(F)F)c(N(CC2CCCCN2)C(C)=O)c1. The van der Waals surface area contributed by atoms with Gasteiger partial charge in [-0.2, -0.15) is 13.2 Å². The fraction of sp³-hybridized carbons (Fsp3) is 0.611. The van der Waals surface area contributed by atoms with Crippen LogP contribution in [-0.2, 0) is 4.79 Å². The van der Waals surface area contributed by atoms with E-state index in [2.05, 4.69) is 5.32 Å². The fourth-order valence-corrected chi connectivity index (χ4v) is 2.94. The van der Waals surface area contributed by atoms with Gasteiger partial charge in [-0.1, -0.05) is 6.42 Å². The standard InChI is InChI=1S/C18H25F3N2O3/c1-3-25-15-7-8-17(26-12-18(19,20)21)16(10-15)23(13(2)24)11-14-6-4-5-9-22-14/h7-8,10,14,22H,3-6,9,11-12H2,1-2H3. The van der Waals surface area contributed by atoms with Crippen molar-refractivity contribution in [2.24, 2.45) is 0 Å². The number of carbonyl (C=O) groups excluding carboxylic acids is 1. The summed E-state index contributed by atoms with van der Waals surface area (Å²) < 4.78 is 48.1. The lowest BCUT2D eigenvalue weighted by Crippen LogP contribution is -2.45. The lowest BCUT2D eigenvalue weighted by atomic mass is 10.0. The second kappa shape index (κ2) is 9.12. The van der Waals surface area contributed by atoms with Crippen molar-refractivity contribution >= 4 is 11.6 Å². The predicted molar refractivity (Wildman–Crippen MR) is 92.8 cm³/mol. The molecule has 0 aliphatic carbocycles. The number of hydrogen-bond acceptors (Lipinski definition) is 4. The van der Waals surface area contributed by atoms with Gasteiger partial charge in [0.1, 0.15) is 11.5 Å². The molecule has 1 aliphatic rings. The van der Waals surface area contributed by atoms with Gasteiger partial charge in [-0.15, -0.1) is 0 Å². The highest BCUT2D eigenvalue weighted by Crippen LogP contribution is 2.34. The summed E-state index contributed by atoms with van der Waals surface area (Å²) in [4.78, 5) is 13.7. The highest BCUT2D eigenvalue weighted by Gasteiger charge is 2.30. The van der Waals surface area contributed by atoms with Gasteiger partial charge in [0.25, 0.3) is 0 Å². The molecule has 1 fully saturated rings. The lowest BCUT2D eigenvalue weighted by molar-refractivity contribution is -0.153. The predicted octanol–water partition coefficient (Wildman–Crippen LogP) is 3.52. The van der Waals surface area contributed by atoms with Crippen LogP contribution < -0.4 is 19.7 Å². The lowest BCUT2D eigenvalue weighted by Gasteiger charge is -2.31. The first-order chi connectivity index (χ1) is 12.3. The molecule has 0 bridgehead atoms. The zero-order valence-corrected chi connectivity index (χ0v) is 15.1. The van der Waals surface area contributed by atoms with E-state index in [0.717, 1.165) is 25.8 Å². The highest BCUT2D eigenvalue weighted by molar-refractivity contribution is 5.93.